The molecule has 0 radical (unpaired) electrons. The summed E-state index contributed by atoms with van der Waals surface area (Å²) in [6.45, 7) is 14.1. The predicted molar refractivity (Wildman–Crippen MR) is 152 cm³/mol. The molecule has 13 atom stereocenters. The molecule has 5 aliphatic rings. The van der Waals surface area contributed by atoms with E-state index in [9.17, 15) is 20.4 Å². The van der Waals surface area contributed by atoms with Crippen LogP contribution >= 0.6 is 0 Å². The molecule has 0 aromatic carbocycles. The standard InChI is InChI=1S/C33H54O6/c1-19(2)20(3)7-8-21(4)24-9-10-25-23-12-16-33(37)17-22(39-30-29(36)28(35)27(34)18-38-30)11-15-32(33,6)26(23)13-14-31(24,25)5/h7-8,12,19-22,24-30,34-37H,9-11,13-18H2,1-6H3/b8-7+/t20-,21-,22+,24-,25+,26+,27-,28+,29-,30+,31-,32-,33-/m1/s1. The molecule has 6 heteroatoms. The molecule has 0 bridgehead atoms. The fourth-order valence-corrected chi connectivity index (χ4v) is 9.29. The Kier molecular flexibility index (Phi) is 8.24. The Morgan fingerprint density at radius 1 is 0.949 bits per heavy atom. The van der Waals surface area contributed by atoms with Gasteiger partial charge in [0.25, 0.3) is 0 Å². The Labute approximate surface area is 235 Å². The van der Waals surface area contributed by atoms with Gasteiger partial charge in [-0.05, 0) is 85.9 Å². The van der Waals surface area contributed by atoms with Crippen molar-refractivity contribution < 1.29 is 29.9 Å². The summed E-state index contributed by atoms with van der Waals surface area (Å²) in [5.41, 5.74) is 0.874. The summed E-state index contributed by atoms with van der Waals surface area (Å²) in [6.07, 6.45) is 10.1. The van der Waals surface area contributed by atoms with Gasteiger partial charge in [0.1, 0.15) is 18.3 Å². The van der Waals surface area contributed by atoms with E-state index in [1.54, 1.807) is 5.57 Å². The lowest BCUT2D eigenvalue weighted by Crippen LogP contribution is -2.61. The first-order valence-corrected chi connectivity index (χ1v) is 15.7. The molecule has 6 nitrogen and oxygen atoms in total. The molecule has 0 aromatic heterocycles. The van der Waals surface area contributed by atoms with Gasteiger partial charge in [-0.25, -0.2) is 0 Å². The fourth-order valence-electron chi connectivity index (χ4n) is 9.29. The van der Waals surface area contributed by atoms with Gasteiger partial charge >= 0.3 is 0 Å². The molecular formula is C33H54O6. The number of hydrogen-bond donors (Lipinski definition) is 4. The van der Waals surface area contributed by atoms with Gasteiger partial charge < -0.3 is 29.9 Å². The largest absolute Gasteiger partial charge is 0.389 e. The van der Waals surface area contributed by atoms with E-state index < -0.39 is 30.2 Å². The number of fused-ring (bicyclic) bond motifs is 5. The highest BCUT2D eigenvalue weighted by Gasteiger charge is 2.62. The minimum absolute atomic E-state index is 0.0714. The molecule has 0 unspecified atom stereocenters. The van der Waals surface area contributed by atoms with Crippen LogP contribution in [0.5, 0.6) is 0 Å². The maximum atomic E-state index is 12.1. The van der Waals surface area contributed by atoms with Crippen molar-refractivity contribution in [3.63, 3.8) is 0 Å². The van der Waals surface area contributed by atoms with Crippen LogP contribution in [0.15, 0.2) is 23.8 Å². The molecule has 0 amide bonds. The summed E-state index contributed by atoms with van der Waals surface area (Å²) in [5, 5.41) is 42.3. The topological polar surface area (TPSA) is 99.4 Å². The van der Waals surface area contributed by atoms with Crippen LogP contribution in [0, 0.1) is 46.3 Å². The Balaban J connectivity index is 1.30. The van der Waals surface area contributed by atoms with Gasteiger partial charge in [-0.2, -0.15) is 0 Å². The average Bonchev–Trinajstić information content (AvgIpc) is 3.25. The van der Waals surface area contributed by atoms with Crippen molar-refractivity contribution in [3.05, 3.63) is 23.8 Å². The Hall–Kier alpha value is -0.760. The first-order valence-electron chi connectivity index (χ1n) is 15.7. The summed E-state index contributed by atoms with van der Waals surface area (Å²) in [6, 6.07) is 0. The Morgan fingerprint density at radius 3 is 2.41 bits per heavy atom. The summed E-state index contributed by atoms with van der Waals surface area (Å²) >= 11 is 0. The SMILES string of the molecule is CC(C)[C@H](C)/C=C/[C@@H](C)[C@H]1CC[C@H]2C3=CC[C@@]4(O)C[C@@H](O[C@@H]5OC[C@@H](O)[C@H](O)[C@H]5O)CC[C@]4(C)[C@H]3CC[C@]12C. The van der Waals surface area contributed by atoms with Gasteiger partial charge in [-0.3, -0.25) is 0 Å². The van der Waals surface area contributed by atoms with Gasteiger partial charge in [0.05, 0.1) is 18.3 Å². The minimum atomic E-state index is -1.30. The van der Waals surface area contributed by atoms with Crippen LogP contribution in [0.25, 0.3) is 0 Å². The maximum Gasteiger partial charge on any atom is 0.186 e. The van der Waals surface area contributed by atoms with Gasteiger partial charge in [-0.15, -0.1) is 0 Å². The van der Waals surface area contributed by atoms with E-state index in [2.05, 4.69) is 59.8 Å². The molecule has 5 rings (SSSR count). The van der Waals surface area contributed by atoms with Gasteiger partial charge in [0.2, 0.25) is 0 Å². The molecule has 4 fully saturated rings. The summed E-state index contributed by atoms with van der Waals surface area (Å²) < 4.78 is 11.6. The molecular weight excluding hydrogens is 492 g/mol. The van der Waals surface area contributed by atoms with Crippen LogP contribution < -0.4 is 0 Å². The average molecular weight is 547 g/mol. The summed E-state index contributed by atoms with van der Waals surface area (Å²) in [7, 11) is 0. The first kappa shape index (κ1) is 29.7. The second-order valence-electron chi connectivity index (χ2n) is 14.8. The highest BCUT2D eigenvalue weighted by atomic mass is 16.7. The van der Waals surface area contributed by atoms with Crippen LogP contribution in [-0.2, 0) is 9.47 Å². The van der Waals surface area contributed by atoms with Crippen LogP contribution in [0.4, 0.5) is 0 Å². The van der Waals surface area contributed by atoms with Crippen molar-refractivity contribution in [1.82, 2.24) is 0 Å². The molecule has 222 valence electrons. The van der Waals surface area contributed by atoms with E-state index in [0.717, 1.165) is 19.3 Å². The molecule has 4 N–H and O–H groups in total. The number of hydrogen-bond acceptors (Lipinski definition) is 6. The van der Waals surface area contributed by atoms with Crippen molar-refractivity contribution in [2.45, 2.75) is 129 Å². The van der Waals surface area contributed by atoms with Gasteiger partial charge in [0.15, 0.2) is 6.29 Å². The normalized spacial score (nSPS) is 49.8. The minimum Gasteiger partial charge on any atom is -0.389 e. The van der Waals surface area contributed by atoms with E-state index in [4.69, 9.17) is 9.47 Å². The number of aliphatic hydroxyl groups excluding tert-OH is 3. The Bertz CT molecular complexity index is 946. The lowest BCUT2D eigenvalue weighted by molar-refractivity contribution is -0.295. The summed E-state index contributed by atoms with van der Waals surface area (Å²) in [4.78, 5) is 0. The third kappa shape index (κ3) is 4.99. The molecule has 0 aromatic rings. The number of rotatable bonds is 6. The monoisotopic (exact) mass is 546 g/mol. The molecule has 1 aliphatic heterocycles. The number of allylic oxidation sites excluding steroid dienone is 3. The molecule has 39 heavy (non-hydrogen) atoms. The predicted octanol–water partition coefficient (Wildman–Crippen LogP) is 4.99. The van der Waals surface area contributed by atoms with Gasteiger partial charge in [0, 0.05) is 11.8 Å². The number of aliphatic hydroxyl groups is 4. The lowest BCUT2D eigenvalue weighted by Gasteiger charge is -2.61. The van der Waals surface area contributed by atoms with E-state index in [1.807, 2.05) is 0 Å². The Morgan fingerprint density at radius 2 is 1.69 bits per heavy atom. The van der Waals surface area contributed by atoms with Crippen molar-refractivity contribution >= 4 is 0 Å². The van der Waals surface area contributed by atoms with Crippen molar-refractivity contribution in [1.29, 1.82) is 0 Å². The molecule has 1 saturated heterocycles. The van der Waals surface area contributed by atoms with Crippen molar-refractivity contribution in [2.24, 2.45) is 46.3 Å². The van der Waals surface area contributed by atoms with Crippen LogP contribution in [0.2, 0.25) is 0 Å². The third-order valence-corrected chi connectivity index (χ3v) is 12.4. The summed E-state index contributed by atoms with van der Waals surface area (Å²) in [5.74, 6) is 3.56. The van der Waals surface area contributed by atoms with Crippen molar-refractivity contribution in [2.75, 3.05) is 6.61 Å². The van der Waals surface area contributed by atoms with Crippen LogP contribution in [0.3, 0.4) is 0 Å². The van der Waals surface area contributed by atoms with Gasteiger partial charge in [-0.1, -0.05) is 65.3 Å². The highest BCUT2D eigenvalue weighted by molar-refractivity contribution is 5.31. The maximum absolute atomic E-state index is 12.1. The van der Waals surface area contributed by atoms with Crippen LogP contribution in [0.1, 0.15) is 92.9 Å². The lowest BCUT2D eigenvalue weighted by atomic mass is 9.46. The number of ether oxygens (including phenoxy) is 2. The molecule has 4 aliphatic carbocycles. The second kappa shape index (κ2) is 10.8. The van der Waals surface area contributed by atoms with E-state index in [-0.39, 0.29) is 18.1 Å². The molecule has 3 saturated carbocycles. The smallest absolute Gasteiger partial charge is 0.186 e. The molecule has 1 heterocycles. The molecule has 0 spiro atoms. The second-order valence-corrected chi connectivity index (χ2v) is 14.8. The van der Waals surface area contributed by atoms with Crippen LogP contribution in [-0.4, -0.2) is 63.3 Å². The first-order chi connectivity index (χ1) is 18.3. The zero-order chi connectivity index (χ0) is 28.3. The highest BCUT2D eigenvalue weighted by Crippen LogP contribution is 2.67. The van der Waals surface area contributed by atoms with Crippen molar-refractivity contribution in [3.8, 4) is 0 Å². The zero-order valence-corrected chi connectivity index (χ0v) is 25.1. The van der Waals surface area contributed by atoms with E-state index >= 15 is 0 Å². The quantitative estimate of drug-likeness (QED) is 0.351. The van der Waals surface area contributed by atoms with E-state index in [1.165, 1.54) is 19.3 Å². The van der Waals surface area contributed by atoms with E-state index in [0.29, 0.717) is 53.8 Å². The zero-order valence-electron chi connectivity index (χ0n) is 25.1. The third-order valence-electron chi connectivity index (χ3n) is 12.4. The fraction of sp³-hybridized carbons (Fsp3) is 0.879.